The molecular weight excluding hydrogens is 760 g/mol. The quantitative estimate of drug-likeness (QED) is 0.0388. The Hall–Kier alpha value is -1.78. The highest BCUT2D eigenvalue weighted by Gasteiger charge is 2.34. The lowest BCUT2D eigenvalue weighted by molar-refractivity contribution is -0.141. The van der Waals surface area contributed by atoms with Gasteiger partial charge in [0.05, 0.1) is 0 Å². The van der Waals surface area contributed by atoms with Crippen LogP contribution in [0.5, 0.6) is 0 Å². The van der Waals surface area contributed by atoms with Crippen molar-refractivity contribution < 1.29 is 56.2 Å². The van der Waals surface area contributed by atoms with Gasteiger partial charge in [-0.05, 0) is 19.3 Å². The lowest BCUT2D eigenvalue weighted by Gasteiger charge is -2.15. The second kappa shape index (κ2) is 36.3. The van der Waals surface area contributed by atoms with Crippen LogP contribution < -0.4 is 5.73 Å². The van der Waals surface area contributed by atoms with Crippen LogP contribution in [0.25, 0.3) is 0 Å². The molecule has 0 aromatic heterocycles. The fraction of sp³-hybridized carbons (Fsp3) is 0.902. The molecule has 3 atom stereocenters. The van der Waals surface area contributed by atoms with Crippen LogP contribution in [0.2, 0.25) is 0 Å². The monoisotopic (exact) mass is 840 g/mol. The van der Waals surface area contributed by atoms with E-state index in [1.807, 2.05) is 0 Å². The minimum atomic E-state index is -5.11. The first-order valence-corrected chi connectivity index (χ1v) is 25.1. The Morgan fingerprint density at radius 1 is 0.411 bits per heavy atom. The van der Waals surface area contributed by atoms with Crippen molar-refractivity contribution in [2.75, 3.05) is 0 Å². The van der Waals surface area contributed by atoms with Crippen LogP contribution in [0.3, 0.4) is 0 Å². The molecule has 330 valence electrons. The summed E-state index contributed by atoms with van der Waals surface area (Å²) in [7, 11) is -10.2. The highest BCUT2D eigenvalue weighted by atomic mass is 31.2. The van der Waals surface area contributed by atoms with Gasteiger partial charge in [0.15, 0.2) is 0 Å². The van der Waals surface area contributed by atoms with Crippen LogP contribution >= 0.6 is 15.6 Å². The van der Waals surface area contributed by atoms with E-state index in [0.717, 1.165) is 51.4 Å². The number of rotatable bonds is 40. The van der Waals surface area contributed by atoms with E-state index < -0.39 is 58.4 Å². The molecule has 0 aliphatic heterocycles. The third-order valence-electron chi connectivity index (χ3n) is 9.79. The van der Waals surface area contributed by atoms with E-state index in [2.05, 4.69) is 31.9 Å². The Labute approximate surface area is 338 Å². The first-order chi connectivity index (χ1) is 26.8. The normalized spacial score (nSPS) is 14.0. The smallest absolute Gasteiger partial charge is 0.361 e. The maximum Gasteiger partial charge on any atom is 0.589 e. The summed E-state index contributed by atoms with van der Waals surface area (Å²) < 4.78 is 41.9. The maximum atomic E-state index is 12.2. The number of carbonyl (C=O) groups excluding carboxylic acids is 4. The zero-order valence-corrected chi connectivity index (χ0v) is 36.9. The van der Waals surface area contributed by atoms with Crippen LogP contribution in [-0.4, -0.2) is 39.7 Å². The van der Waals surface area contributed by atoms with Crippen molar-refractivity contribution in [3.8, 4) is 0 Å². The molecule has 0 aliphatic rings. The average molecular weight is 840 g/mol. The lowest BCUT2D eigenvalue weighted by Crippen LogP contribution is -2.32. The molecule has 0 aromatic rings. The lowest BCUT2D eigenvalue weighted by atomic mass is 10.0. The van der Waals surface area contributed by atoms with E-state index in [1.54, 1.807) is 0 Å². The average Bonchev–Trinajstić information content (AvgIpc) is 3.12. The van der Waals surface area contributed by atoms with Crippen molar-refractivity contribution in [2.45, 2.75) is 238 Å². The molecule has 0 heterocycles. The summed E-state index contributed by atoms with van der Waals surface area (Å²) in [6.07, 6.45) is 33.2. The summed E-state index contributed by atoms with van der Waals surface area (Å²) in [4.78, 5) is 67.9. The predicted octanol–water partition coefficient (Wildman–Crippen LogP) is 12.0. The van der Waals surface area contributed by atoms with Gasteiger partial charge < -0.3 is 23.8 Å². The Morgan fingerprint density at radius 3 is 0.929 bits per heavy atom. The van der Waals surface area contributed by atoms with Gasteiger partial charge in [-0.3, -0.25) is 24.2 Å². The van der Waals surface area contributed by atoms with Crippen LogP contribution in [0, 0.1) is 0 Å². The summed E-state index contributed by atoms with van der Waals surface area (Å²) in [5.74, 6) is -4.69. The fourth-order valence-electron chi connectivity index (χ4n) is 6.41. The maximum absolute atomic E-state index is 12.2. The summed E-state index contributed by atoms with van der Waals surface area (Å²) in [6.45, 7) is 4.46. The van der Waals surface area contributed by atoms with E-state index in [-0.39, 0.29) is 12.8 Å². The summed E-state index contributed by atoms with van der Waals surface area (Å²) in [5, 5.41) is 0. The number of nitrogens with two attached hydrogens (primary N) is 1. The van der Waals surface area contributed by atoms with Crippen molar-refractivity contribution in [3.63, 3.8) is 0 Å². The van der Waals surface area contributed by atoms with Gasteiger partial charge in [0.2, 0.25) is 0 Å². The summed E-state index contributed by atoms with van der Waals surface area (Å²) in [6, 6.07) is -1.62. The first-order valence-electron chi connectivity index (χ1n) is 22.1. The molecule has 0 saturated carbocycles. The molecule has 15 heteroatoms. The van der Waals surface area contributed by atoms with E-state index in [0.29, 0.717) is 12.8 Å². The second-order valence-corrected chi connectivity index (χ2v) is 17.9. The highest BCUT2D eigenvalue weighted by molar-refractivity contribution is 7.48. The molecule has 0 radical (unpaired) electrons. The SMILES string of the molecule is CCCCCCCCCCCCCCCCCC(=O)OP(=O)(O)OC(=O)CC[C@H](N)C(=O)OP(=O)(O)OC(=O)CCCCCCCCCCCCCCCCC. The zero-order chi connectivity index (χ0) is 41.8. The van der Waals surface area contributed by atoms with Crippen LogP contribution in [0.1, 0.15) is 232 Å². The standard InChI is InChI=1S/C41H79NO12P2/c1-3-5-7-9-11-13-15-17-19-21-23-25-27-29-31-33-38(43)51-55(47,48)53-40(45)36-35-37(42)41(46)54-56(49,50)52-39(44)34-32-30-28-26-24-22-20-18-16-14-12-10-8-6-4-2/h37H,3-36,42H2,1-2H3,(H,47,48)(H,49,50)/t37-/m0/s1. The number of hydrogen-bond donors (Lipinski definition) is 3. The molecule has 0 aliphatic carbocycles. The second-order valence-electron chi connectivity index (χ2n) is 15.3. The summed E-state index contributed by atoms with van der Waals surface area (Å²) >= 11 is 0. The molecule has 13 nitrogen and oxygen atoms in total. The van der Waals surface area contributed by atoms with Crippen molar-refractivity contribution in [2.24, 2.45) is 5.73 Å². The number of phosphoric acid groups is 2. The summed E-state index contributed by atoms with van der Waals surface area (Å²) in [5.41, 5.74) is 5.62. The fourth-order valence-corrected chi connectivity index (χ4v) is 7.90. The van der Waals surface area contributed by atoms with Crippen molar-refractivity contribution >= 4 is 39.5 Å². The molecule has 2 unspecified atom stereocenters. The Kier molecular flexibility index (Phi) is 35.2. The molecule has 0 fully saturated rings. The molecule has 0 amide bonds. The van der Waals surface area contributed by atoms with Gasteiger partial charge >= 0.3 is 39.5 Å². The molecule has 0 bridgehead atoms. The third-order valence-corrected chi connectivity index (χ3v) is 11.5. The minimum absolute atomic E-state index is 0.109. The van der Waals surface area contributed by atoms with E-state index in [1.165, 1.54) is 128 Å². The first kappa shape index (κ1) is 54.2. The van der Waals surface area contributed by atoms with Crippen molar-refractivity contribution in [1.29, 1.82) is 0 Å². The number of carbonyl (C=O) groups is 4. The van der Waals surface area contributed by atoms with E-state index >= 15 is 0 Å². The molecule has 0 saturated heterocycles. The topological polar surface area (TPSA) is 206 Å². The highest BCUT2D eigenvalue weighted by Crippen LogP contribution is 2.45. The van der Waals surface area contributed by atoms with Gasteiger partial charge in [-0.25, -0.2) is 13.9 Å². The van der Waals surface area contributed by atoms with Crippen molar-refractivity contribution in [3.05, 3.63) is 0 Å². The van der Waals surface area contributed by atoms with Gasteiger partial charge in [0.25, 0.3) is 0 Å². The Balaban J connectivity index is 3.98. The predicted molar refractivity (Wildman–Crippen MR) is 220 cm³/mol. The molecule has 0 rings (SSSR count). The van der Waals surface area contributed by atoms with Gasteiger partial charge in [0.1, 0.15) is 6.04 Å². The van der Waals surface area contributed by atoms with Gasteiger partial charge in [-0.2, -0.15) is 0 Å². The largest absolute Gasteiger partial charge is 0.589 e. The van der Waals surface area contributed by atoms with Crippen LogP contribution in [0.15, 0.2) is 0 Å². The zero-order valence-electron chi connectivity index (χ0n) is 35.1. The Morgan fingerprint density at radius 2 is 0.643 bits per heavy atom. The number of hydrogen-bond acceptors (Lipinski definition) is 11. The van der Waals surface area contributed by atoms with Crippen molar-refractivity contribution in [1.82, 2.24) is 0 Å². The molecule has 56 heavy (non-hydrogen) atoms. The minimum Gasteiger partial charge on any atom is -0.361 e. The molecule has 4 N–H and O–H groups in total. The number of unbranched alkanes of at least 4 members (excludes halogenated alkanes) is 28. The Bertz CT molecular complexity index is 1120. The molecule has 0 aromatic carbocycles. The van der Waals surface area contributed by atoms with Crippen LogP contribution in [-0.2, 0) is 46.4 Å². The number of phosphoric ester groups is 2. The van der Waals surface area contributed by atoms with E-state index in [4.69, 9.17) is 5.73 Å². The van der Waals surface area contributed by atoms with Gasteiger partial charge in [-0.15, -0.1) is 0 Å². The third kappa shape index (κ3) is 36.6. The molecular formula is C41H79NO12P2. The molecule has 0 spiro atoms. The van der Waals surface area contributed by atoms with Gasteiger partial charge in [0, 0.05) is 19.3 Å². The van der Waals surface area contributed by atoms with Gasteiger partial charge in [-0.1, -0.05) is 194 Å². The van der Waals surface area contributed by atoms with E-state index in [9.17, 15) is 38.1 Å². The van der Waals surface area contributed by atoms with Crippen LogP contribution in [0.4, 0.5) is 0 Å².